The van der Waals surface area contributed by atoms with Gasteiger partial charge >= 0.3 is 0 Å². The van der Waals surface area contributed by atoms with E-state index in [0.717, 1.165) is 31.6 Å². The molecule has 1 fully saturated rings. The molecule has 43 heavy (non-hydrogen) atoms. The van der Waals surface area contributed by atoms with Crippen LogP contribution in [0.1, 0.15) is 43.8 Å². The smallest absolute Gasteiger partial charge is 0.277 e. The highest BCUT2D eigenvalue weighted by molar-refractivity contribution is 7.89. The molecule has 0 bridgehead atoms. The number of benzene rings is 2. The Morgan fingerprint density at radius 2 is 1.86 bits per heavy atom. The highest BCUT2D eigenvalue weighted by atomic mass is 32.2. The van der Waals surface area contributed by atoms with E-state index in [1.807, 2.05) is 44.2 Å². The van der Waals surface area contributed by atoms with E-state index in [1.165, 1.54) is 4.31 Å². The van der Waals surface area contributed by atoms with Crippen molar-refractivity contribution in [3.63, 3.8) is 0 Å². The van der Waals surface area contributed by atoms with Crippen molar-refractivity contribution in [3.8, 4) is 17.1 Å². The number of ether oxygens (including phenoxy) is 2. The Hall–Kier alpha value is -3.58. The molecule has 1 N–H and O–H groups in total. The number of morpholine rings is 1. The maximum absolute atomic E-state index is 14.2. The fourth-order valence-electron chi connectivity index (χ4n) is 5.39. The summed E-state index contributed by atoms with van der Waals surface area (Å²) in [5.74, 6) is 1.33. The molecule has 0 aliphatic carbocycles. The first-order valence-corrected chi connectivity index (χ1v) is 16.4. The zero-order chi connectivity index (χ0) is 30.4. The van der Waals surface area contributed by atoms with E-state index in [2.05, 4.69) is 14.9 Å². The van der Waals surface area contributed by atoms with E-state index in [4.69, 9.17) is 14.6 Å². The number of aryl methyl sites for hydroxylation is 2. The molecule has 3 heterocycles. The Bertz CT molecular complexity index is 1700. The Kier molecular flexibility index (Phi) is 9.91. The Balaban J connectivity index is 1.53. The minimum Gasteiger partial charge on any atom is -0.493 e. The molecule has 0 saturated carbocycles. The van der Waals surface area contributed by atoms with E-state index >= 15 is 0 Å². The molecule has 0 unspecified atom stereocenters. The van der Waals surface area contributed by atoms with E-state index in [1.54, 1.807) is 29.6 Å². The highest BCUT2D eigenvalue weighted by Crippen LogP contribution is 2.32. The molecule has 230 valence electrons. The lowest BCUT2D eigenvalue weighted by molar-refractivity contribution is 0.0368. The van der Waals surface area contributed by atoms with Crippen LogP contribution in [-0.2, 0) is 27.7 Å². The van der Waals surface area contributed by atoms with Gasteiger partial charge in [-0.2, -0.15) is 4.31 Å². The molecule has 2 aromatic heterocycles. The summed E-state index contributed by atoms with van der Waals surface area (Å²) in [4.78, 5) is 23.0. The second kappa shape index (κ2) is 13.8. The fourth-order valence-corrected chi connectivity index (χ4v) is 6.89. The molecular formula is C31H40N6O5S. The number of imidazole rings is 1. The topological polar surface area (TPSA) is 122 Å². The van der Waals surface area contributed by atoms with Crippen LogP contribution in [0.4, 0.5) is 0 Å². The van der Waals surface area contributed by atoms with Crippen LogP contribution in [0.5, 0.6) is 5.75 Å². The normalized spacial score (nSPS) is 14.5. The second-order valence-electron chi connectivity index (χ2n) is 10.6. The zero-order valence-electron chi connectivity index (χ0n) is 25.1. The molecule has 1 aliphatic heterocycles. The lowest BCUT2D eigenvalue weighted by atomic mass is 10.2. The van der Waals surface area contributed by atoms with Gasteiger partial charge in [-0.25, -0.2) is 17.9 Å². The highest BCUT2D eigenvalue weighted by Gasteiger charge is 2.27. The Labute approximate surface area is 252 Å². The summed E-state index contributed by atoms with van der Waals surface area (Å²) in [6.07, 6.45) is 2.17. The molecular weight excluding hydrogens is 568 g/mol. The lowest BCUT2D eigenvalue weighted by Gasteiger charge is -2.28. The van der Waals surface area contributed by atoms with Gasteiger partial charge in [0.05, 0.1) is 36.0 Å². The Morgan fingerprint density at radius 3 is 2.58 bits per heavy atom. The van der Waals surface area contributed by atoms with Gasteiger partial charge in [0.2, 0.25) is 10.0 Å². The van der Waals surface area contributed by atoms with Crippen LogP contribution >= 0.6 is 0 Å². The van der Waals surface area contributed by atoms with Gasteiger partial charge in [0.15, 0.2) is 11.3 Å². The molecule has 1 aliphatic rings. The Morgan fingerprint density at radius 1 is 1.09 bits per heavy atom. The summed E-state index contributed by atoms with van der Waals surface area (Å²) < 4.78 is 42.9. The van der Waals surface area contributed by atoms with Crippen LogP contribution in [0.2, 0.25) is 0 Å². The largest absolute Gasteiger partial charge is 0.493 e. The van der Waals surface area contributed by atoms with Crippen molar-refractivity contribution in [1.29, 1.82) is 0 Å². The van der Waals surface area contributed by atoms with Gasteiger partial charge in [-0.3, -0.25) is 9.69 Å². The summed E-state index contributed by atoms with van der Waals surface area (Å²) in [5, 5.41) is 4.72. The minimum atomic E-state index is -3.93. The number of H-pyrrole nitrogens is 1. The predicted molar refractivity (Wildman–Crippen MR) is 165 cm³/mol. The number of nitrogens with one attached hydrogen (secondary N) is 1. The van der Waals surface area contributed by atoms with Gasteiger partial charge in [-0.05, 0) is 57.0 Å². The SMILES string of the molecule is CCCc1nc(C)c2c(=O)[nH]c(-c3cc(S(=O)(=O)N(CCCN4CCOCC4)Cc4ccccc4)ccc3OCC)nn12. The van der Waals surface area contributed by atoms with Gasteiger partial charge in [-0.15, -0.1) is 5.10 Å². The van der Waals surface area contributed by atoms with Crippen molar-refractivity contribution < 1.29 is 17.9 Å². The van der Waals surface area contributed by atoms with E-state index < -0.39 is 10.0 Å². The van der Waals surface area contributed by atoms with Crippen molar-refractivity contribution >= 4 is 15.5 Å². The third-order valence-corrected chi connectivity index (χ3v) is 9.39. The average molecular weight is 609 g/mol. The molecule has 2 aromatic carbocycles. The molecule has 12 heteroatoms. The second-order valence-corrected chi connectivity index (χ2v) is 12.6. The van der Waals surface area contributed by atoms with Gasteiger partial charge in [-0.1, -0.05) is 37.3 Å². The third kappa shape index (κ3) is 6.98. The fraction of sp³-hybridized carbons (Fsp3) is 0.452. The molecule has 5 rings (SSSR count). The summed E-state index contributed by atoms with van der Waals surface area (Å²) in [7, 11) is -3.93. The van der Waals surface area contributed by atoms with E-state index in [9.17, 15) is 13.2 Å². The van der Waals surface area contributed by atoms with Crippen molar-refractivity contribution in [2.24, 2.45) is 0 Å². The first-order valence-electron chi connectivity index (χ1n) is 14.9. The standard InChI is InChI=1S/C31H40N6O5S/c1-4-10-28-32-23(3)29-31(38)33-30(34-37(28)29)26-21-25(13-14-27(26)42-5-2)43(39,40)36(22-24-11-7-6-8-12-24)16-9-15-35-17-19-41-20-18-35/h6-8,11-14,21H,4-5,9-10,15-20,22H2,1-3H3,(H,33,34,38). The minimum absolute atomic E-state index is 0.103. The number of rotatable bonds is 13. The van der Waals surface area contributed by atoms with Gasteiger partial charge in [0.25, 0.3) is 5.56 Å². The zero-order valence-corrected chi connectivity index (χ0v) is 25.9. The molecule has 0 atom stereocenters. The third-order valence-electron chi connectivity index (χ3n) is 7.55. The first kappa shape index (κ1) is 30.9. The molecule has 0 amide bonds. The summed E-state index contributed by atoms with van der Waals surface area (Å²) >= 11 is 0. The summed E-state index contributed by atoms with van der Waals surface area (Å²) in [5.41, 5.74) is 1.92. The van der Waals surface area contributed by atoms with E-state index in [0.29, 0.717) is 67.6 Å². The van der Waals surface area contributed by atoms with Gasteiger partial charge < -0.3 is 14.5 Å². The molecule has 1 saturated heterocycles. The van der Waals surface area contributed by atoms with Crippen molar-refractivity contribution in [3.05, 3.63) is 76.0 Å². The summed E-state index contributed by atoms with van der Waals surface area (Å²) in [6.45, 7) is 10.5. The average Bonchev–Trinajstić information content (AvgIpc) is 3.33. The maximum Gasteiger partial charge on any atom is 0.277 e. The lowest BCUT2D eigenvalue weighted by Crippen LogP contribution is -2.39. The number of aromatic nitrogens is 4. The quantitative estimate of drug-likeness (QED) is 0.244. The van der Waals surface area contributed by atoms with Crippen LogP contribution in [-0.4, -0.2) is 83.2 Å². The number of nitrogens with zero attached hydrogens (tertiary/aromatic N) is 5. The van der Waals surface area contributed by atoms with Crippen molar-refractivity contribution in [2.75, 3.05) is 46.0 Å². The number of hydrogen-bond acceptors (Lipinski definition) is 8. The molecule has 11 nitrogen and oxygen atoms in total. The monoisotopic (exact) mass is 608 g/mol. The van der Waals surface area contributed by atoms with Crippen LogP contribution in [0.15, 0.2) is 58.2 Å². The molecule has 4 aromatic rings. The van der Waals surface area contributed by atoms with Crippen molar-refractivity contribution in [2.45, 2.75) is 51.5 Å². The van der Waals surface area contributed by atoms with Gasteiger partial charge in [0.1, 0.15) is 11.6 Å². The summed E-state index contributed by atoms with van der Waals surface area (Å²) in [6, 6.07) is 14.3. The van der Waals surface area contributed by atoms with Gasteiger partial charge in [0, 0.05) is 32.6 Å². The number of hydrogen-bond donors (Lipinski definition) is 1. The predicted octanol–water partition coefficient (Wildman–Crippen LogP) is 3.66. The number of fused-ring (bicyclic) bond motifs is 1. The van der Waals surface area contributed by atoms with Crippen LogP contribution in [0.3, 0.4) is 0 Å². The first-order chi connectivity index (χ1) is 20.8. The maximum atomic E-state index is 14.2. The molecule has 0 radical (unpaired) electrons. The van der Waals surface area contributed by atoms with Crippen molar-refractivity contribution in [1.82, 2.24) is 28.8 Å². The van der Waals surface area contributed by atoms with E-state index in [-0.39, 0.29) is 22.8 Å². The number of sulfonamides is 1. The van der Waals surface area contributed by atoms with Crippen LogP contribution < -0.4 is 10.3 Å². The van der Waals surface area contributed by atoms with Crippen LogP contribution in [0.25, 0.3) is 16.9 Å². The molecule has 0 spiro atoms. The number of aromatic amines is 1. The van der Waals surface area contributed by atoms with Crippen LogP contribution in [0, 0.1) is 6.92 Å².